The molecule has 182 valence electrons. The molecule has 9 heteroatoms. The third-order valence-electron chi connectivity index (χ3n) is 7.37. The van der Waals surface area contributed by atoms with Gasteiger partial charge in [-0.1, -0.05) is 26.0 Å². The van der Waals surface area contributed by atoms with E-state index in [9.17, 15) is 34.2 Å². The Labute approximate surface area is 197 Å². The minimum absolute atomic E-state index is 0.0301. The van der Waals surface area contributed by atoms with Gasteiger partial charge in [-0.15, -0.1) is 0 Å². The van der Waals surface area contributed by atoms with E-state index >= 15 is 0 Å². The SMILES string of the molecule is CCCN(CCC)NC(=O)C1C(=O)CC2CC3Cc4cccc(O)c4C(=O)C3C(=O)C2(O)C1=O. The van der Waals surface area contributed by atoms with E-state index in [1.54, 1.807) is 17.1 Å². The average Bonchev–Trinajstić information content (AvgIpc) is 2.76. The molecule has 0 radical (unpaired) electrons. The number of nitrogens with zero attached hydrogens (tertiary/aromatic N) is 1. The zero-order valence-corrected chi connectivity index (χ0v) is 19.4. The zero-order chi connectivity index (χ0) is 24.8. The van der Waals surface area contributed by atoms with Gasteiger partial charge in [-0.25, -0.2) is 5.01 Å². The van der Waals surface area contributed by atoms with E-state index in [2.05, 4.69) is 5.43 Å². The van der Waals surface area contributed by atoms with Crippen molar-refractivity contribution in [1.29, 1.82) is 0 Å². The van der Waals surface area contributed by atoms with Crippen LogP contribution in [-0.4, -0.2) is 63.0 Å². The van der Waals surface area contributed by atoms with Crippen molar-refractivity contribution in [1.82, 2.24) is 10.4 Å². The van der Waals surface area contributed by atoms with Crippen LogP contribution in [0.15, 0.2) is 18.2 Å². The second-order valence-corrected chi connectivity index (χ2v) is 9.61. The molecule has 0 heterocycles. The Hall–Kier alpha value is -2.91. The molecule has 3 aliphatic rings. The Kier molecular flexibility index (Phi) is 6.44. The van der Waals surface area contributed by atoms with Crippen molar-refractivity contribution in [3.8, 4) is 5.75 Å². The number of hydrogen-bond acceptors (Lipinski definition) is 8. The number of Topliss-reactive ketones (excluding diaryl/α,β-unsaturated/α-hetero) is 4. The largest absolute Gasteiger partial charge is 0.507 e. The summed E-state index contributed by atoms with van der Waals surface area (Å²) in [4.78, 5) is 66.0. The minimum Gasteiger partial charge on any atom is -0.507 e. The Morgan fingerprint density at radius 2 is 1.76 bits per heavy atom. The Morgan fingerprint density at radius 1 is 1.09 bits per heavy atom. The quantitative estimate of drug-likeness (QED) is 0.413. The second kappa shape index (κ2) is 9.03. The highest BCUT2D eigenvalue weighted by Gasteiger charge is 2.66. The molecule has 0 saturated heterocycles. The van der Waals surface area contributed by atoms with Crippen molar-refractivity contribution < 1.29 is 34.2 Å². The topological polar surface area (TPSA) is 141 Å². The summed E-state index contributed by atoms with van der Waals surface area (Å²) >= 11 is 0. The van der Waals surface area contributed by atoms with E-state index < -0.39 is 58.3 Å². The molecule has 34 heavy (non-hydrogen) atoms. The Bertz CT molecular complexity index is 1060. The summed E-state index contributed by atoms with van der Waals surface area (Å²) in [6.07, 6.45) is 1.61. The fraction of sp³-hybridized carbons (Fsp3) is 0.560. The molecule has 4 rings (SSSR count). The van der Waals surface area contributed by atoms with Gasteiger partial charge in [0.05, 0.1) is 11.5 Å². The summed E-state index contributed by atoms with van der Waals surface area (Å²) in [5.74, 6) is -9.10. The Morgan fingerprint density at radius 3 is 2.41 bits per heavy atom. The summed E-state index contributed by atoms with van der Waals surface area (Å²) in [7, 11) is 0. The molecule has 0 aromatic heterocycles. The lowest BCUT2D eigenvalue weighted by Gasteiger charge is -2.48. The van der Waals surface area contributed by atoms with Gasteiger partial charge in [0.25, 0.3) is 5.91 Å². The molecule has 0 spiro atoms. The van der Waals surface area contributed by atoms with E-state index in [-0.39, 0.29) is 24.2 Å². The first-order valence-corrected chi connectivity index (χ1v) is 11.9. The number of phenolic OH excluding ortho intramolecular Hbond substituents is 1. The fourth-order valence-corrected chi connectivity index (χ4v) is 5.87. The number of fused-ring (bicyclic) bond motifs is 3. The molecule has 2 fully saturated rings. The average molecular weight is 471 g/mol. The standard InChI is InChI=1S/C25H30N2O7/c1-3-8-27(9-4-2)26-24(33)20-17(29)12-15-11-14-10-13-6-5-7-16(28)18(13)21(30)19(14)22(31)25(15,34)23(20)32/h5-7,14-15,19-20,28,34H,3-4,8-12H2,1-2H3,(H,26,33). The normalized spacial score (nSPS) is 30.6. The number of aliphatic hydroxyl groups is 1. The van der Waals surface area contributed by atoms with E-state index in [0.717, 1.165) is 12.8 Å². The number of aromatic hydroxyl groups is 1. The van der Waals surface area contributed by atoms with Gasteiger partial charge in [0.15, 0.2) is 34.7 Å². The van der Waals surface area contributed by atoms with E-state index in [1.807, 2.05) is 13.8 Å². The van der Waals surface area contributed by atoms with Crippen molar-refractivity contribution in [2.75, 3.05) is 13.1 Å². The van der Waals surface area contributed by atoms with Gasteiger partial charge >= 0.3 is 0 Å². The third kappa shape index (κ3) is 3.67. The van der Waals surface area contributed by atoms with Crippen LogP contribution in [0.25, 0.3) is 0 Å². The van der Waals surface area contributed by atoms with Crippen LogP contribution in [0.5, 0.6) is 5.75 Å². The second-order valence-electron chi connectivity index (χ2n) is 9.61. The maximum absolute atomic E-state index is 13.5. The highest BCUT2D eigenvalue weighted by atomic mass is 16.3. The molecule has 9 nitrogen and oxygen atoms in total. The number of benzene rings is 1. The molecule has 3 N–H and O–H groups in total. The number of hydrazine groups is 1. The van der Waals surface area contributed by atoms with Crippen molar-refractivity contribution in [2.24, 2.45) is 23.7 Å². The molecule has 5 atom stereocenters. The first-order chi connectivity index (χ1) is 16.1. The lowest BCUT2D eigenvalue weighted by molar-refractivity contribution is -0.176. The number of carbonyl (C=O) groups is 5. The van der Waals surface area contributed by atoms with Crippen LogP contribution in [0.3, 0.4) is 0 Å². The summed E-state index contributed by atoms with van der Waals surface area (Å²) < 4.78 is 0. The number of ketones is 4. The molecular formula is C25H30N2O7. The van der Waals surface area contributed by atoms with Gasteiger partial charge in [-0.3, -0.25) is 29.4 Å². The summed E-state index contributed by atoms with van der Waals surface area (Å²) in [5.41, 5.74) is 0.634. The molecule has 0 aliphatic heterocycles. The van der Waals surface area contributed by atoms with Crippen LogP contribution < -0.4 is 5.43 Å². The fourth-order valence-electron chi connectivity index (χ4n) is 5.87. The van der Waals surface area contributed by atoms with Crippen molar-refractivity contribution in [3.05, 3.63) is 29.3 Å². The highest BCUT2D eigenvalue weighted by molar-refractivity contribution is 6.31. The van der Waals surface area contributed by atoms with Gasteiger partial charge in [-0.2, -0.15) is 0 Å². The van der Waals surface area contributed by atoms with Gasteiger partial charge in [0.2, 0.25) is 0 Å². The van der Waals surface area contributed by atoms with E-state index in [0.29, 0.717) is 25.1 Å². The monoisotopic (exact) mass is 470 g/mol. The van der Waals surface area contributed by atoms with Gasteiger partial charge in [0, 0.05) is 25.4 Å². The van der Waals surface area contributed by atoms with Crippen LogP contribution >= 0.6 is 0 Å². The van der Waals surface area contributed by atoms with Crippen molar-refractivity contribution >= 4 is 29.0 Å². The van der Waals surface area contributed by atoms with Crippen LogP contribution in [0.4, 0.5) is 0 Å². The smallest absolute Gasteiger partial charge is 0.252 e. The third-order valence-corrected chi connectivity index (χ3v) is 7.37. The van der Waals surface area contributed by atoms with E-state index in [4.69, 9.17) is 0 Å². The molecule has 1 aromatic rings. The lowest BCUT2D eigenvalue weighted by atomic mass is 9.54. The molecule has 0 bridgehead atoms. The maximum atomic E-state index is 13.5. The number of amides is 1. The van der Waals surface area contributed by atoms with Crippen LogP contribution in [-0.2, 0) is 25.6 Å². The maximum Gasteiger partial charge on any atom is 0.252 e. The van der Waals surface area contributed by atoms with Gasteiger partial charge in [0.1, 0.15) is 5.75 Å². The number of nitrogens with one attached hydrogen (secondary N) is 1. The zero-order valence-electron chi connectivity index (χ0n) is 19.4. The highest BCUT2D eigenvalue weighted by Crippen LogP contribution is 2.49. The molecular weight excluding hydrogens is 440 g/mol. The van der Waals surface area contributed by atoms with Crippen molar-refractivity contribution in [3.63, 3.8) is 0 Å². The first kappa shape index (κ1) is 24.2. The molecule has 1 amide bonds. The Balaban J connectivity index is 1.65. The number of hydrogen-bond donors (Lipinski definition) is 3. The van der Waals surface area contributed by atoms with Crippen LogP contribution in [0, 0.1) is 23.7 Å². The predicted molar refractivity (Wildman–Crippen MR) is 120 cm³/mol. The summed E-state index contributed by atoms with van der Waals surface area (Å²) in [5, 5.41) is 23.2. The number of phenols is 1. The van der Waals surface area contributed by atoms with Gasteiger partial charge in [-0.05, 0) is 43.2 Å². The predicted octanol–water partition coefficient (Wildman–Crippen LogP) is 0.995. The molecule has 3 aliphatic carbocycles. The molecule has 1 aromatic carbocycles. The lowest BCUT2D eigenvalue weighted by Crippen LogP contribution is -2.68. The molecule has 2 saturated carbocycles. The van der Waals surface area contributed by atoms with Gasteiger partial charge < -0.3 is 10.2 Å². The molecule has 5 unspecified atom stereocenters. The first-order valence-electron chi connectivity index (χ1n) is 11.9. The minimum atomic E-state index is -2.59. The summed E-state index contributed by atoms with van der Waals surface area (Å²) in [6, 6.07) is 4.66. The van der Waals surface area contributed by atoms with E-state index in [1.165, 1.54) is 6.07 Å². The number of rotatable bonds is 6. The number of carbonyl (C=O) groups excluding carboxylic acids is 5. The van der Waals surface area contributed by atoms with Crippen LogP contribution in [0.2, 0.25) is 0 Å². The van der Waals surface area contributed by atoms with Crippen molar-refractivity contribution in [2.45, 2.75) is 51.6 Å². The van der Waals surface area contributed by atoms with Crippen LogP contribution in [0.1, 0.15) is 55.5 Å². The summed E-state index contributed by atoms with van der Waals surface area (Å²) in [6.45, 7) is 4.88.